The average molecular weight is 347 g/mol. The third-order valence-corrected chi connectivity index (χ3v) is 4.54. The molecule has 1 aromatic rings. The first-order chi connectivity index (χ1) is 12.1. The van der Waals surface area contributed by atoms with Crippen LogP contribution in [-0.2, 0) is 4.74 Å². The van der Waals surface area contributed by atoms with E-state index in [1.54, 1.807) is 0 Å². The topological polar surface area (TPSA) is 40.1 Å². The van der Waals surface area contributed by atoms with Gasteiger partial charge in [0.2, 0.25) is 0 Å². The molecule has 1 aromatic carbocycles. The van der Waals surface area contributed by atoms with Crippen molar-refractivity contribution in [2.75, 3.05) is 54.0 Å². The molecule has 0 heterocycles. The summed E-state index contributed by atoms with van der Waals surface area (Å²) in [7, 11) is 6.29. The lowest BCUT2D eigenvalue weighted by Crippen LogP contribution is -2.41. The first kappa shape index (κ1) is 19.7. The number of hydrogen-bond acceptors (Lipinski definition) is 3. The Bertz CT molecular complexity index is 514. The van der Waals surface area contributed by atoms with E-state index in [1.807, 2.05) is 0 Å². The van der Waals surface area contributed by atoms with E-state index in [0.717, 1.165) is 44.7 Å². The molecule has 0 radical (unpaired) electrons. The second-order valence-electron chi connectivity index (χ2n) is 7.02. The summed E-state index contributed by atoms with van der Waals surface area (Å²) in [4.78, 5) is 9.26. The maximum Gasteiger partial charge on any atom is 0.193 e. The van der Waals surface area contributed by atoms with Crippen LogP contribution in [0.1, 0.15) is 31.4 Å². The molecule has 0 aliphatic heterocycles. The lowest BCUT2D eigenvalue weighted by molar-refractivity contribution is 0.115. The number of hydrogen-bond donors (Lipinski definition) is 1. The minimum atomic E-state index is 0.273. The fourth-order valence-corrected chi connectivity index (χ4v) is 2.73. The largest absolute Gasteiger partial charge is 0.379 e. The number of aliphatic imine (C=N–C) groups is 1. The van der Waals surface area contributed by atoms with Gasteiger partial charge in [-0.2, -0.15) is 0 Å². The Morgan fingerprint density at radius 2 is 1.96 bits per heavy atom. The van der Waals surface area contributed by atoms with Gasteiger partial charge in [-0.25, -0.2) is 0 Å². The first-order valence-corrected chi connectivity index (χ1v) is 9.40. The van der Waals surface area contributed by atoms with Gasteiger partial charge in [0.1, 0.15) is 0 Å². The Balaban J connectivity index is 1.91. The first-order valence-electron chi connectivity index (χ1n) is 9.40. The molecule has 1 atom stereocenters. The Hall–Kier alpha value is -1.59. The van der Waals surface area contributed by atoms with Gasteiger partial charge in [-0.05, 0) is 45.3 Å². The van der Waals surface area contributed by atoms with Gasteiger partial charge in [-0.3, -0.25) is 4.99 Å². The summed E-state index contributed by atoms with van der Waals surface area (Å²) >= 11 is 0. The van der Waals surface area contributed by atoms with Crippen molar-refractivity contribution in [2.45, 2.75) is 25.8 Å². The predicted octanol–water partition coefficient (Wildman–Crippen LogP) is 2.61. The van der Waals surface area contributed by atoms with Crippen LogP contribution in [0.3, 0.4) is 0 Å². The number of benzene rings is 1. The standard InChI is InChI=1S/C20H34N4O/c1-5-21-20(24(4)13-14-25-16-17-11-12-17)22-15-19(23(2)3)18-9-7-6-8-10-18/h6-10,17,19H,5,11-16H2,1-4H3,(H,21,22). The highest BCUT2D eigenvalue weighted by Gasteiger charge is 2.21. The van der Waals surface area contributed by atoms with Crippen molar-refractivity contribution in [1.82, 2.24) is 15.1 Å². The third-order valence-electron chi connectivity index (χ3n) is 4.54. The Morgan fingerprint density at radius 3 is 2.56 bits per heavy atom. The van der Waals surface area contributed by atoms with Crippen LogP contribution in [0.2, 0.25) is 0 Å². The minimum absolute atomic E-state index is 0.273. The molecule has 5 nitrogen and oxygen atoms in total. The summed E-state index contributed by atoms with van der Waals surface area (Å²) in [6.07, 6.45) is 2.68. The highest BCUT2D eigenvalue weighted by atomic mass is 16.5. The quantitative estimate of drug-likeness (QED) is 0.402. The zero-order chi connectivity index (χ0) is 18.1. The van der Waals surface area contributed by atoms with Crippen LogP contribution < -0.4 is 5.32 Å². The Morgan fingerprint density at radius 1 is 1.24 bits per heavy atom. The SMILES string of the molecule is CCNC(=NCC(c1ccccc1)N(C)C)N(C)CCOCC1CC1. The summed E-state index contributed by atoms with van der Waals surface area (Å²) < 4.78 is 5.76. The van der Waals surface area contributed by atoms with Crippen LogP contribution in [-0.4, -0.2) is 69.8 Å². The number of ether oxygens (including phenoxy) is 1. The van der Waals surface area contributed by atoms with Crippen LogP contribution in [0.15, 0.2) is 35.3 Å². The van der Waals surface area contributed by atoms with Gasteiger partial charge in [0, 0.05) is 26.7 Å². The predicted molar refractivity (Wildman–Crippen MR) is 105 cm³/mol. The summed E-state index contributed by atoms with van der Waals surface area (Å²) in [6, 6.07) is 10.8. The van der Waals surface area contributed by atoms with Crippen molar-refractivity contribution in [3.8, 4) is 0 Å². The van der Waals surface area contributed by atoms with Crippen LogP contribution in [0.5, 0.6) is 0 Å². The van der Waals surface area contributed by atoms with Crippen molar-refractivity contribution >= 4 is 5.96 Å². The lowest BCUT2D eigenvalue weighted by atomic mass is 10.1. The van der Waals surface area contributed by atoms with Gasteiger partial charge < -0.3 is 19.9 Å². The van der Waals surface area contributed by atoms with Crippen molar-refractivity contribution in [3.63, 3.8) is 0 Å². The Kier molecular flexibility index (Phi) is 8.22. The van der Waals surface area contributed by atoms with Crippen molar-refractivity contribution < 1.29 is 4.74 Å². The van der Waals surface area contributed by atoms with E-state index >= 15 is 0 Å². The van der Waals surface area contributed by atoms with Gasteiger partial charge >= 0.3 is 0 Å². The molecule has 25 heavy (non-hydrogen) atoms. The highest BCUT2D eigenvalue weighted by molar-refractivity contribution is 5.79. The molecule has 1 fully saturated rings. The van der Waals surface area contributed by atoms with Gasteiger partial charge in [-0.1, -0.05) is 30.3 Å². The van der Waals surface area contributed by atoms with Crippen molar-refractivity contribution in [2.24, 2.45) is 10.9 Å². The van der Waals surface area contributed by atoms with Crippen LogP contribution >= 0.6 is 0 Å². The molecule has 1 aliphatic rings. The fraction of sp³-hybridized carbons (Fsp3) is 0.650. The normalized spacial score (nSPS) is 16.1. The zero-order valence-corrected chi connectivity index (χ0v) is 16.2. The van der Waals surface area contributed by atoms with E-state index in [4.69, 9.17) is 9.73 Å². The molecule has 1 aliphatic carbocycles. The van der Waals surface area contributed by atoms with Crippen LogP contribution in [0.4, 0.5) is 0 Å². The van der Waals surface area contributed by atoms with E-state index in [1.165, 1.54) is 18.4 Å². The lowest BCUT2D eigenvalue weighted by Gasteiger charge is -2.26. The second kappa shape index (κ2) is 10.4. The maximum atomic E-state index is 5.76. The monoisotopic (exact) mass is 346 g/mol. The van der Waals surface area contributed by atoms with E-state index < -0.39 is 0 Å². The number of guanidine groups is 1. The summed E-state index contributed by atoms with van der Waals surface area (Å²) in [6.45, 7) is 6.23. The van der Waals surface area contributed by atoms with Gasteiger partial charge in [0.15, 0.2) is 5.96 Å². The maximum absolute atomic E-state index is 5.76. The Labute approximate surface area is 153 Å². The molecule has 0 bridgehead atoms. The van der Waals surface area contributed by atoms with E-state index in [-0.39, 0.29) is 6.04 Å². The molecule has 0 amide bonds. The summed E-state index contributed by atoms with van der Waals surface area (Å²) in [5.74, 6) is 1.76. The van der Waals surface area contributed by atoms with Gasteiger partial charge in [-0.15, -0.1) is 0 Å². The van der Waals surface area contributed by atoms with Crippen molar-refractivity contribution in [1.29, 1.82) is 0 Å². The number of rotatable bonds is 10. The van der Waals surface area contributed by atoms with E-state index in [0.29, 0.717) is 0 Å². The van der Waals surface area contributed by atoms with Gasteiger partial charge in [0.25, 0.3) is 0 Å². The highest BCUT2D eigenvalue weighted by Crippen LogP contribution is 2.28. The van der Waals surface area contributed by atoms with E-state index in [9.17, 15) is 0 Å². The van der Waals surface area contributed by atoms with Crippen LogP contribution in [0, 0.1) is 5.92 Å². The molecular formula is C20H34N4O. The molecule has 0 aromatic heterocycles. The molecule has 5 heteroatoms. The number of likely N-dealkylation sites (N-methyl/N-ethyl adjacent to an activating group) is 2. The summed E-state index contributed by atoms with van der Waals surface area (Å²) in [5, 5.41) is 3.39. The fourth-order valence-electron chi connectivity index (χ4n) is 2.73. The van der Waals surface area contributed by atoms with E-state index in [2.05, 4.69) is 73.5 Å². The molecule has 1 unspecified atom stereocenters. The molecule has 0 spiro atoms. The third kappa shape index (κ3) is 7.04. The zero-order valence-electron chi connectivity index (χ0n) is 16.2. The number of nitrogens with zero attached hydrogens (tertiary/aromatic N) is 3. The molecule has 1 N–H and O–H groups in total. The molecule has 140 valence electrons. The molecule has 2 rings (SSSR count). The second-order valence-corrected chi connectivity index (χ2v) is 7.02. The average Bonchev–Trinajstić information content (AvgIpc) is 3.43. The molecule has 1 saturated carbocycles. The number of nitrogens with one attached hydrogen (secondary N) is 1. The minimum Gasteiger partial charge on any atom is -0.379 e. The molecular weight excluding hydrogens is 312 g/mol. The van der Waals surface area contributed by atoms with Crippen molar-refractivity contribution in [3.05, 3.63) is 35.9 Å². The van der Waals surface area contributed by atoms with Gasteiger partial charge in [0.05, 0.1) is 19.2 Å². The smallest absolute Gasteiger partial charge is 0.193 e. The summed E-state index contributed by atoms with van der Waals surface area (Å²) in [5.41, 5.74) is 1.29. The van der Waals surface area contributed by atoms with Crippen LogP contribution in [0.25, 0.3) is 0 Å². The molecule has 0 saturated heterocycles.